The number of benzene rings is 1. The average molecular weight is 246 g/mol. The third-order valence-electron chi connectivity index (χ3n) is 2.79. The summed E-state index contributed by atoms with van der Waals surface area (Å²) in [5.74, 6) is 0. The zero-order valence-corrected chi connectivity index (χ0v) is 11.4. The van der Waals surface area contributed by atoms with Crippen molar-refractivity contribution < 1.29 is 0 Å². The number of aryl methyl sites for hydroxylation is 3. The van der Waals surface area contributed by atoms with Crippen molar-refractivity contribution in [3.63, 3.8) is 0 Å². The van der Waals surface area contributed by atoms with Crippen molar-refractivity contribution in [2.45, 2.75) is 33.9 Å². The maximum Gasteiger partial charge on any atom is 0.0897 e. The zero-order valence-electron chi connectivity index (χ0n) is 10.6. The van der Waals surface area contributed by atoms with Crippen LogP contribution in [0.2, 0.25) is 0 Å². The van der Waals surface area contributed by atoms with Crippen LogP contribution in [-0.2, 0) is 13.1 Å². The minimum absolute atomic E-state index is 0.902. The van der Waals surface area contributed by atoms with E-state index in [0.717, 1.165) is 18.1 Å². The van der Waals surface area contributed by atoms with Gasteiger partial charge in [-0.3, -0.25) is 0 Å². The Hall–Kier alpha value is -1.19. The van der Waals surface area contributed by atoms with E-state index in [0.29, 0.717) is 0 Å². The SMILES string of the molecule is Cc1ccc(C)c(CNCc2cnc(C)s2)c1. The number of rotatable bonds is 4. The normalized spacial score (nSPS) is 10.8. The molecule has 1 aromatic heterocycles. The summed E-state index contributed by atoms with van der Waals surface area (Å²) in [5.41, 5.74) is 4.05. The maximum absolute atomic E-state index is 4.25. The van der Waals surface area contributed by atoms with Crippen molar-refractivity contribution in [1.82, 2.24) is 10.3 Å². The third kappa shape index (κ3) is 3.38. The quantitative estimate of drug-likeness (QED) is 0.894. The molecule has 0 aliphatic heterocycles. The van der Waals surface area contributed by atoms with Gasteiger partial charge in [-0.15, -0.1) is 11.3 Å². The van der Waals surface area contributed by atoms with Crippen molar-refractivity contribution in [2.24, 2.45) is 0 Å². The Labute approximate surface area is 107 Å². The Morgan fingerprint density at radius 2 is 2.00 bits per heavy atom. The largest absolute Gasteiger partial charge is 0.308 e. The molecule has 1 aromatic carbocycles. The van der Waals surface area contributed by atoms with Gasteiger partial charge in [0.05, 0.1) is 5.01 Å². The third-order valence-corrected chi connectivity index (χ3v) is 3.70. The first kappa shape index (κ1) is 12.3. The summed E-state index contributed by atoms with van der Waals surface area (Å²) in [5, 5.41) is 4.60. The lowest BCUT2D eigenvalue weighted by Crippen LogP contribution is -2.12. The molecular weight excluding hydrogens is 228 g/mol. The molecule has 90 valence electrons. The van der Waals surface area contributed by atoms with Crippen LogP contribution in [0.1, 0.15) is 26.6 Å². The second-order valence-corrected chi connectivity index (χ2v) is 5.70. The summed E-state index contributed by atoms with van der Waals surface area (Å²) in [6.07, 6.45) is 1.95. The summed E-state index contributed by atoms with van der Waals surface area (Å²) in [7, 11) is 0. The van der Waals surface area contributed by atoms with Gasteiger partial charge in [0.15, 0.2) is 0 Å². The lowest BCUT2D eigenvalue weighted by Gasteiger charge is -2.07. The molecule has 0 atom stereocenters. The number of aromatic nitrogens is 1. The van der Waals surface area contributed by atoms with Gasteiger partial charge in [0.1, 0.15) is 0 Å². The predicted molar refractivity (Wildman–Crippen MR) is 73.3 cm³/mol. The lowest BCUT2D eigenvalue weighted by atomic mass is 10.1. The Morgan fingerprint density at radius 1 is 1.18 bits per heavy atom. The van der Waals surface area contributed by atoms with Crippen LogP contribution in [0.5, 0.6) is 0 Å². The molecule has 3 heteroatoms. The van der Waals surface area contributed by atoms with E-state index in [1.165, 1.54) is 21.6 Å². The molecule has 1 heterocycles. The molecular formula is C14H18N2S. The highest BCUT2D eigenvalue weighted by Gasteiger charge is 2.00. The van der Waals surface area contributed by atoms with Gasteiger partial charge in [-0.05, 0) is 31.9 Å². The van der Waals surface area contributed by atoms with Crippen LogP contribution in [0.25, 0.3) is 0 Å². The molecule has 0 bridgehead atoms. The molecule has 0 radical (unpaired) electrons. The molecule has 0 spiro atoms. The van der Waals surface area contributed by atoms with Gasteiger partial charge in [0, 0.05) is 24.2 Å². The van der Waals surface area contributed by atoms with Crippen molar-refractivity contribution >= 4 is 11.3 Å². The number of nitrogens with zero attached hydrogens (tertiary/aromatic N) is 1. The van der Waals surface area contributed by atoms with Crippen LogP contribution in [0.3, 0.4) is 0 Å². The van der Waals surface area contributed by atoms with Crippen LogP contribution >= 0.6 is 11.3 Å². The van der Waals surface area contributed by atoms with E-state index in [2.05, 4.69) is 42.3 Å². The average Bonchev–Trinajstić information content (AvgIpc) is 2.69. The molecule has 0 saturated carbocycles. The van der Waals surface area contributed by atoms with Crippen molar-refractivity contribution in [3.8, 4) is 0 Å². The zero-order chi connectivity index (χ0) is 12.3. The smallest absolute Gasteiger partial charge is 0.0897 e. The molecule has 1 N–H and O–H groups in total. The molecule has 0 unspecified atom stereocenters. The van der Waals surface area contributed by atoms with E-state index in [4.69, 9.17) is 0 Å². The number of nitrogens with one attached hydrogen (secondary N) is 1. The first-order valence-corrected chi connectivity index (χ1v) is 6.65. The fourth-order valence-corrected chi connectivity index (χ4v) is 2.56. The molecule has 17 heavy (non-hydrogen) atoms. The molecule has 0 saturated heterocycles. The first-order chi connectivity index (χ1) is 8.15. The van der Waals surface area contributed by atoms with Crippen molar-refractivity contribution in [2.75, 3.05) is 0 Å². The van der Waals surface area contributed by atoms with Gasteiger partial charge in [0.25, 0.3) is 0 Å². The topological polar surface area (TPSA) is 24.9 Å². The summed E-state index contributed by atoms with van der Waals surface area (Å²) in [6, 6.07) is 6.59. The van der Waals surface area contributed by atoms with Crippen molar-refractivity contribution in [1.29, 1.82) is 0 Å². The molecule has 2 nitrogen and oxygen atoms in total. The Balaban J connectivity index is 1.91. The maximum atomic E-state index is 4.25. The summed E-state index contributed by atoms with van der Waals surface area (Å²) in [4.78, 5) is 5.55. The second kappa shape index (κ2) is 5.43. The number of hydrogen-bond acceptors (Lipinski definition) is 3. The Bertz CT molecular complexity index is 503. The number of hydrogen-bond donors (Lipinski definition) is 1. The van der Waals surface area contributed by atoms with E-state index < -0.39 is 0 Å². The fourth-order valence-electron chi connectivity index (χ4n) is 1.80. The molecule has 0 aliphatic carbocycles. The van der Waals surface area contributed by atoms with E-state index in [1.807, 2.05) is 13.1 Å². The Morgan fingerprint density at radius 3 is 2.71 bits per heavy atom. The van der Waals surface area contributed by atoms with Crippen molar-refractivity contribution in [3.05, 3.63) is 51.0 Å². The van der Waals surface area contributed by atoms with Gasteiger partial charge < -0.3 is 5.32 Å². The van der Waals surface area contributed by atoms with Gasteiger partial charge >= 0.3 is 0 Å². The monoisotopic (exact) mass is 246 g/mol. The highest BCUT2D eigenvalue weighted by atomic mass is 32.1. The molecule has 0 aliphatic rings. The molecule has 2 aromatic rings. The van der Waals surface area contributed by atoms with Gasteiger partial charge in [-0.2, -0.15) is 0 Å². The van der Waals surface area contributed by atoms with E-state index in [-0.39, 0.29) is 0 Å². The highest BCUT2D eigenvalue weighted by molar-refractivity contribution is 7.11. The van der Waals surface area contributed by atoms with E-state index in [9.17, 15) is 0 Å². The van der Waals surface area contributed by atoms with Crippen LogP contribution in [0, 0.1) is 20.8 Å². The van der Waals surface area contributed by atoms with Gasteiger partial charge in [-0.1, -0.05) is 23.8 Å². The minimum Gasteiger partial charge on any atom is -0.308 e. The van der Waals surface area contributed by atoms with Gasteiger partial charge in [-0.25, -0.2) is 4.98 Å². The van der Waals surface area contributed by atoms with Gasteiger partial charge in [0.2, 0.25) is 0 Å². The molecule has 0 amide bonds. The predicted octanol–water partition coefficient (Wildman–Crippen LogP) is 3.36. The Kier molecular flexibility index (Phi) is 3.92. The number of thiazole rings is 1. The second-order valence-electron chi connectivity index (χ2n) is 4.38. The lowest BCUT2D eigenvalue weighted by molar-refractivity contribution is 0.696. The molecule has 0 fully saturated rings. The standard InChI is InChI=1S/C14H18N2S/c1-10-4-5-11(2)13(6-10)7-15-8-14-9-16-12(3)17-14/h4-6,9,15H,7-8H2,1-3H3. The minimum atomic E-state index is 0.902. The van der Waals surface area contributed by atoms with Crippen LogP contribution in [0.15, 0.2) is 24.4 Å². The summed E-state index contributed by atoms with van der Waals surface area (Å²) >= 11 is 1.76. The van der Waals surface area contributed by atoms with Crippen LogP contribution in [0.4, 0.5) is 0 Å². The molecule has 2 rings (SSSR count). The van der Waals surface area contributed by atoms with E-state index in [1.54, 1.807) is 11.3 Å². The fraction of sp³-hybridized carbons (Fsp3) is 0.357. The van der Waals surface area contributed by atoms with Crippen LogP contribution in [-0.4, -0.2) is 4.98 Å². The summed E-state index contributed by atoms with van der Waals surface area (Å²) < 4.78 is 0. The first-order valence-electron chi connectivity index (χ1n) is 5.83. The summed E-state index contributed by atoms with van der Waals surface area (Å²) in [6.45, 7) is 8.16. The highest BCUT2D eigenvalue weighted by Crippen LogP contribution is 2.13. The van der Waals surface area contributed by atoms with E-state index >= 15 is 0 Å². The van der Waals surface area contributed by atoms with Crippen LogP contribution < -0.4 is 5.32 Å².